The Kier molecular flexibility index (Phi) is 3.54. The van der Waals surface area contributed by atoms with Crippen LogP contribution in [0.4, 0.5) is 0 Å². The molecule has 1 unspecified atom stereocenters. The van der Waals surface area contributed by atoms with Crippen molar-refractivity contribution >= 4 is 11.3 Å². The molecule has 0 aromatic carbocycles. The normalized spacial score (nSPS) is 18.4. The minimum atomic E-state index is 0.480. The molecule has 78 valence electrons. The number of rotatable bonds is 6. The van der Waals surface area contributed by atoms with E-state index >= 15 is 0 Å². The average molecular weight is 210 g/mol. The molecule has 2 nitrogen and oxygen atoms in total. The molecule has 0 bridgehead atoms. The second-order valence-corrected chi connectivity index (χ2v) is 4.94. The Morgan fingerprint density at radius 2 is 2.50 bits per heavy atom. The van der Waals surface area contributed by atoms with E-state index in [9.17, 15) is 0 Å². The molecule has 1 aromatic heterocycles. The van der Waals surface area contributed by atoms with Crippen LogP contribution in [0.25, 0.3) is 0 Å². The van der Waals surface area contributed by atoms with Crippen molar-refractivity contribution in [2.75, 3.05) is 6.54 Å². The van der Waals surface area contributed by atoms with Crippen molar-refractivity contribution in [3.05, 3.63) is 16.6 Å². The minimum absolute atomic E-state index is 0.480. The van der Waals surface area contributed by atoms with E-state index in [2.05, 4.69) is 22.6 Å². The van der Waals surface area contributed by atoms with Gasteiger partial charge in [0.05, 0.1) is 6.04 Å². The number of nitrogens with zero attached hydrogens (tertiary/aromatic N) is 1. The van der Waals surface area contributed by atoms with Crippen LogP contribution >= 0.6 is 11.3 Å². The van der Waals surface area contributed by atoms with Crippen molar-refractivity contribution in [2.24, 2.45) is 5.92 Å². The molecule has 0 saturated heterocycles. The van der Waals surface area contributed by atoms with Gasteiger partial charge in [-0.3, -0.25) is 0 Å². The highest BCUT2D eigenvalue weighted by molar-refractivity contribution is 7.09. The van der Waals surface area contributed by atoms with Crippen LogP contribution in [0.3, 0.4) is 0 Å². The molecule has 1 N–H and O–H groups in total. The van der Waals surface area contributed by atoms with E-state index in [-0.39, 0.29) is 0 Å². The van der Waals surface area contributed by atoms with Crippen LogP contribution in [-0.4, -0.2) is 11.5 Å². The minimum Gasteiger partial charge on any atom is -0.308 e. The second kappa shape index (κ2) is 4.89. The summed E-state index contributed by atoms with van der Waals surface area (Å²) < 4.78 is 0. The van der Waals surface area contributed by atoms with E-state index < -0.39 is 0 Å². The van der Waals surface area contributed by atoms with E-state index in [0.717, 1.165) is 18.9 Å². The van der Waals surface area contributed by atoms with E-state index in [0.29, 0.717) is 6.04 Å². The van der Waals surface area contributed by atoms with E-state index in [1.54, 1.807) is 11.3 Å². The summed E-state index contributed by atoms with van der Waals surface area (Å²) >= 11 is 1.76. The standard InChI is InChI=1S/C11H18N2S/c1-2-10(11-13-7-8-14-11)12-6-5-9-3-4-9/h7-10,12H,2-6H2,1H3. The third kappa shape index (κ3) is 2.79. The Morgan fingerprint density at radius 3 is 3.07 bits per heavy atom. The Labute approximate surface area is 89.8 Å². The van der Waals surface area contributed by atoms with Gasteiger partial charge in [-0.1, -0.05) is 19.8 Å². The number of hydrogen-bond donors (Lipinski definition) is 1. The summed E-state index contributed by atoms with van der Waals surface area (Å²) in [5.74, 6) is 1.02. The third-order valence-electron chi connectivity index (χ3n) is 2.80. The van der Waals surface area contributed by atoms with Crippen molar-refractivity contribution in [2.45, 2.75) is 38.6 Å². The van der Waals surface area contributed by atoms with Crippen LogP contribution in [0.15, 0.2) is 11.6 Å². The van der Waals surface area contributed by atoms with Crippen molar-refractivity contribution < 1.29 is 0 Å². The molecule has 0 aliphatic heterocycles. The van der Waals surface area contributed by atoms with E-state index in [1.807, 2.05) is 6.20 Å². The first-order chi connectivity index (χ1) is 6.90. The van der Waals surface area contributed by atoms with Crippen LogP contribution < -0.4 is 5.32 Å². The lowest BCUT2D eigenvalue weighted by molar-refractivity contribution is 0.496. The zero-order valence-electron chi connectivity index (χ0n) is 8.70. The van der Waals surface area contributed by atoms with Crippen LogP contribution in [-0.2, 0) is 0 Å². The maximum Gasteiger partial charge on any atom is 0.109 e. The zero-order chi connectivity index (χ0) is 9.80. The van der Waals surface area contributed by atoms with Gasteiger partial charge in [0.15, 0.2) is 0 Å². The Morgan fingerprint density at radius 1 is 1.64 bits per heavy atom. The van der Waals surface area contributed by atoms with Gasteiger partial charge in [0.1, 0.15) is 5.01 Å². The molecule has 1 aromatic rings. The number of thiazole rings is 1. The summed E-state index contributed by atoms with van der Waals surface area (Å²) in [6.07, 6.45) is 7.29. The molecule has 1 aliphatic rings. The Hall–Kier alpha value is -0.410. The van der Waals surface area contributed by atoms with Crippen molar-refractivity contribution in [3.8, 4) is 0 Å². The van der Waals surface area contributed by atoms with Crippen molar-refractivity contribution in [1.29, 1.82) is 0 Å². The number of hydrogen-bond acceptors (Lipinski definition) is 3. The predicted octanol–water partition coefficient (Wildman–Crippen LogP) is 2.98. The first kappa shape index (κ1) is 10.1. The van der Waals surface area contributed by atoms with Gasteiger partial charge in [-0.05, 0) is 25.3 Å². The summed E-state index contributed by atoms with van der Waals surface area (Å²) in [7, 11) is 0. The summed E-state index contributed by atoms with van der Waals surface area (Å²) in [5, 5.41) is 6.89. The molecule has 0 spiro atoms. The van der Waals surface area contributed by atoms with Gasteiger partial charge in [-0.15, -0.1) is 11.3 Å². The molecule has 1 saturated carbocycles. The molecular formula is C11H18N2S. The van der Waals surface area contributed by atoms with E-state index in [1.165, 1.54) is 24.3 Å². The fourth-order valence-corrected chi connectivity index (χ4v) is 2.48. The molecule has 14 heavy (non-hydrogen) atoms. The lowest BCUT2D eigenvalue weighted by Gasteiger charge is -2.13. The molecular weight excluding hydrogens is 192 g/mol. The number of nitrogens with one attached hydrogen (secondary N) is 1. The van der Waals surface area contributed by atoms with Crippen LogP contribution in [0.1, 0.15) is 43.7 Å². The highest BCUT2D eigenvalue weighted by Gasteiger charge is 2.21. The van der Waals surface area contributed by atoms with Crippen LogP contribution in [0.5, 0.6) is 0 Å². The predicted molar refractivity (Wildman–Crippen MR) is 60.5 cm³/mol. The Bertz CT molecular complexity index is 254. The number of aromatic nitrogens is 1. The van der Waals surface area contributed by atoms with Gasteiger partial charge >= 0.3 is 0 Å². The largest absolute Gasteiger partial charge is 0.308 e. The van der Waals surface area contributed by atoms with Gasteiger partial charge in [-0.2, -0.15) is 0 Å². The second-order valence-electron chi connectivity index (χ2n) is 4.02. The van der Waals surface area contributed by atoms with Gasteiger partial charge in [-0.25, -0.2) is 4.98 Å². The topological polar surface area (TPSA) is 24.9 Å². The molecule has 0 radical (unpaired) electrons. The first-order valence-electron chi connectivity index (χ1n) is 5.53. The molecule has 1 heterocycles. The first-order valence-corrected chi connectivity index (χ1v) is 6.41. The monoisotopic (exact) mass is 210 g/mol. The summed E-state index contributed by atoms with van der Waals surface area (Å²) in [4.78, 5) is 4.36. The highest BCUT2D eigenvalue weighted by atomic mass is 32.1. The molecule has 0 amide bonds. The van der Waals surface area contributed by atoms with Crippen molar-refractivity contribution in [3.63, 3.8) is 0 Å². The molecule has 2 rings (SSSR count). The van der Waals surface area contributed by atoms with Gasteiger partial charge < -0.3 is 5.32 Å². The molecule has 1 fully saturated rings. The highest BCUT2D eigenvalue weighted by Crippen LogP contribution is 2.32. The smallest absolute Gasteiger partial charge is 0.109 e. The van der Waals surface area contributed by atoms with E-state index in [4.69, 9.17) is 0 Å². The van der Waals surface area contributed by atoms with Crippen LogP contribution in [0, 0.1) is 5.92 Å². The maximum atomic E-state index is 4.36. The summed E-state index contributed by atoms with van der Waals surface area (Å²) in [6.45, 7) is 3.37. The third-order valence-corrected chi connectivity index (χ3v) is 3.69. The SMILES string of the molecule is CCC(NCCC1CC1)c1nccs1. The fraction of sp³-hybridized carbons (Fsp3) is 0.727. The lowest BCUT2D eigenvalue weighted by Crippen LogP contribution is -2.22. The van der Waals surface area contributed by atoms with Gasteiger partial charge in [0.25, 0.3) is 0 Å². The summed E-state index contributed by atoms with van der Waals surface area (Å²) in [6, 6.07) is 0.480. The maximum absolute atomic E-state index is 4.36. The van der Waals surface area contributed by atoms with Crippen molar-refractivity contribution in [1.82, 2.24) is 10.3 Å². The summed E-state index contributed by atoms with van der Waals surface area (Å²) in [5.41, 5.74) is 0. The quantitative estimate of drug-likeness (QED) is 0.780. The Balaban J connectivity index is 1.74. The average Bonchev–Trinajstić information content (AvgIpc) is 2.86. The van der Waals surface area contributed by atoms with Crippen LogP contribution in [0.2, 0.25) is 0 Å². The zero-order valence-corrected chi connectivity index (χ0v) is 9.52. The lowest BCUT2D eigenvalue weighted by atomic mass is 10.2. The molecule has 1 atom stereocenters. The fourth-order valence-electron chi connectivity index (χ4n) is 1.68. The molecule has 3 heteroatoms. The van der Waals surface area contributed by atoms with Gasteiger partial charge in [0.2, 0.25) is 0 Å². The van der Waals surface area contributed by atoms with Gasteiger partial charge in [0, 0.05) is 11.6 Å². The molecule has 1 aliphatic carbocycles.